The van der Waals surface area contributed by atoms with Gasteiger partial charge in [-0.2, -0.15) is 0 Å². The van der Waals surface area contributed by atoms with Gasteiger partial charge in [0.05, 0.1) is 13.5 Å². The Bertz CT molecular complexity index is 481. The summed E-state index contributed by atoms with van der Waals surface area (Å²) in [5, 5.41) is 8.98. The molecule has 0 amide bonds. The molecule has 1 heterocycles. The number of methoxy groups -OCH3 is 1. The van der Waals surface area contributed by atoms with Gasteiger partial charge in [0.15, 0.2) is 0 Å². The molecule has 114 valence electrons. The summed E-state index contributed by atoms with van der Waals surface area (Å²) in [6.45, 7) is 1.80. The van der Waals surface area contributed by atoms with E-state index >= 15 is 0 Å². The highest BCUT2D eigenvalue weighted by Crippen LogP contribution is 2.20. The number of hydrogen-bond donors (Lipinski definition) is 1. The molecule has 0 bridgehead atoms. The molecule has 0 aromatic heterocycles. The minimum Gasteiger partial charge on any atom is -0.497 e. The molecule has 1 saturated heterocycles. The molecule has 1 aromatic carbocycles. The second-order valence-electron chi connectivity index (χ2n) is 5.42. The number of carboxylic acid groups (broad SMARTS) is 1. The van der Waals surface area contributed by atoms with Crippen LogP contribution in [0.1, 0.15) is 31.2 Å². The zero-order valence-electron chi connectivity index (χ0n) is 12.5. The molecule has 1 N–H and O–H groups in total. The average Bonchev–Trinajstić information content (AvgIpc) is 2.49. The van der Waals surface area contributed by atoms with Crippen molar-refractivity contribution in [3.05, 3.63) is 35.9 Å². The number of carbonyl (C=O) groups is 1. The SMILES string of the molecule is COc1ccc(/C=C/CN2CCCCC2CC(=O)O)cc1. The summed E-state index contributed by atoms with van der Waals surface area (Å²) in [7, 11) is 1.66. The van der Waals surface area contributed by atoms with E-state index in [0.29, 0.717) is 0 Å². The van der Waals surface area contributed by atoms with Gasteiger partial charge in [-0.3, -0.25) is 9.69 Å². The fourth-order valence-electron chi connectivity index (χ4n) is 2.77. The van der Waals surface area contributed by atoms with E-state index in [4.69, 9.17) is 9.84 Å². The number of benzene rings is 1. The fourth-order valence-corrected chi connectivity index (χ4v) is 2.77. The van der Waals surface area contributed by atoms with Crippen LogP contribution in [0.3, 0.4) is 0 Å². The Balaban J connectivity index is 1.89. The summed E-state index contributed by atoms with van der Waals surface area (Å²) in [5.41, 5.74) is 1.13. The Morgan fingerprint density at radius 2 is 2.14 bits per heavy atom. The van der Waals surface area contributed by atoms with Crippen molar-refractivity contribution in [3.63, 3.8) is 0 Å². The zero-order valence-corrected chi connectivity index (χ0v) is 12.5. The molecule has 2 rings (SSSR count). The summed E-state index contributed by atoms with van der Waals surface area (Å²) >= 11 is 0. The molecule has 1 aliphatic rings. The smallest absolute Gasteiger partial charge is 0.304 e. The first kappa shape index (κ1) is 15.6. The van der Waals surface area contributed by atoms with Gasteiger partial charge >= 0.3 is 5.97 Å². The maximum Gasteiger partial charge on any atom is 0.304 e. The van der Waals surface area contributed by atoms with Gasteiger partial charge in [0.1, 0.15) is 5.75 Å². The third kappa shape index (κ3) is 4.90. The molecule has 1 atom stereocenters. The molecule has 1 fully saturated rings. The number of likely N-dealkylation sites (tertiary alicyclic amines) is 1. The lowest BCUT2D eigenvalue weighted by atomic mass is 9.99. The highest BCUT2D eigenvalue weighted by atomic mass is 16.5. The van der Waals surface area contributed by atoms with Gasteiger partial charge in [0, 0.05) is 12.6 Å². The van der Waals surface area contributed by atoms with Crippen LogP contribution in [0, 0.1) is 0 Å². The van der Waals surface area contributed by atoms with Crippen molar-refractivity contribution in [3.8, 4) is 5.75 Å². The van der Waals surface area contributed by atoms with Crippen LogP contribution in [0.25, 0.3) is 6.08 Å². The molecule has 1 unspecified atom stereocenters. The monoisotopic (exact) mass is 289 g/mol. The number of aliphatic carboxylic acids is 1. The van der Waals surface area contributed by atoms with Crippen LogP contribution >= 0.6 is 0 Å². The largest absolute Gasteiger partial charge is 0.497 e. The Morgan fingerprint density at radius 3 is 2.81 bits per heavy atom. The third-order valence-electron chi connectivity index (χ3n) is 3.93. The van der Waals surface area contributed by atoms with E-state index in [9.17, 15) is 4.79 Å². The maximum atomic E-state index is 10.9. The van der Waals surface area contributed by atoms with Crippen molar-refractivity contribution in [1.29, 1.82) is 0 Å². The van der Waals surface area contributed by atoms with E-state index in [0.717, 1.165) is 43.7 Å². The zero-order chi connectivity index (χ0) is 15.1. The van der Waals surface area contributed by atoms with Crippen LogP contribution in [0.5, 0.6) is 5.75 Å². The Kier molecular flexibility index (Phi) is 5.81. The minimum atomic E-state index is -0.703. The molecular weight excluding hydrogens is 266 g/mol. The minimum absolute atomic E-state index is 0.178. The second kappa shape index (κ2) is 7.84. The van der Waals surface area contributed by atoms with Crippen LogP contribution in [-0.2, 0) is 4.79 Å². The summed E-state index contributed by atoms with van der Waals surface area (Å²) in [4.78, 5) is 13.2. The van der Waals surface area contributed by atoms with Gasteiger partial charge in [-0.1, -0.05) is 30.7 Å². The molecule has 0 spiro atoms. The number of carboxylic acids is 1. The van der Waals surface area contributed by atoms with E-state index in [-0.39, 0.29) is 12.5 Å². The van der Waals surface area contributed by atoms with Crippen molar-refractivity contribution in [1.82, 2.24) is 4.90 Å². The Labute approximate surface area is 126 Å². The van der Waals surface area contributed by atoms with Crippen LogP contribution in [0.4, 0.5) is 0 Å². The number of hydrogen-bond acceptors (Lipinski definition) is 3. The second-order valence-corrected chi connectivity index (χ2v) is 5.42. The van der Waals surface area contributed by atoms with E-state index < -0.39 is 5.97 Å². The molecule has 0 saturated carbocycles. The topological polar surface area (TPSA) is 49.8 Å². The summed E-state index contributed by atoms with van der Waals surface area (Å²) < 4.78 is 5.13. The average molecular weight is 289 g/mol. The molecule has 1 aliphatic heterocycles. The standard InChI is InChI=1S/C17H23NO3/c1-21-16-9-7-14(8-10-16)5-4-12-18-11-3-2-6-15(18)13-17(19)20/h4-5,7-10,15H,2-3,6,11-13H2,1H3,(H,19,20)/b5-4+. The molecule has 4 nitrogen and oxygen atoms in total. The predicted molar refractivity (Wildman–Crippen MR) is 83.5 cm³/mol. The Hall–Kier alpha value is -1.81. The number of nitrogens with zero attached hydrogens (tertiary/aromatic N) is 1. The molecular formula is C17H23NO3. The van der Waals surface area contributed by atoms with Crippen molar-refractivity contribution >= 4 is 12.0 Å². The molecule has 0 aliphatic carbocycles. The quantitative estimate of drug-likeness (QED) is 0.874. The van der Waals surface area contributed by atoms with Gasteiger partial charge in [0.2, 0.25) is 0 Å². The first-order chi connectivity index (χ1) is 10.2. The molecule has 1 aromatic rings. The van der Waals surface area contributed by atoms with Crippen LogP contribution < -0.4 is 4.74 Å². The van der Waals surface area contributed by atoms with E-state index in [2.05, 4.69) is 17.1 Å². The van der Waals surface area contributed by atoms with Crippen molar-refractivity contribution < 1.29 is 14.6 Å². The molecule has 21 heavy (non-hydrogen) atoms. The first-order valence-electron chi connectivity index (χ1n) is 7.45. The van der Waals surface area contributed by atoms with Gasteiger partial charge in [0.25, 0.3) is 0 Å². The van der Waals surface area contributed by atoms with E-state index in [1.807, 2.05) is 24.3 Å². The number of piperidine rings is 1. The third-order valence-corrected chi connectivity index (χ3v) is 3.93. The number of rotatable bonds is 6. The lowest BCUT2D eigenvalue weighted by molar-refractivity contribution is -0.138. The van der Waals surface area contributed by atoms with E-state index in [1.54, 1.807) is 7.11 Å². The Morgan fingerprint density at radius 1 is 1.38 bits per heavy atom. The van der Waals surface area contributed by atoms with Crippen LogP contribution in [-0.4, -0.2) is 42.2 Å². The van der Waals surface area contributed by atoms with Gasteiger partial charge in [-0.25, -0.2) is 0 Å². The van der Waals surface area contributed by atoms with Crippen molar-refractivity contribution in [2.24, 2.45) is 0 Å². The number of ether oxygens (including phenoxy) is 1. The highest BCUT2D eigenvalue weighted by Gasteiger charge is 2.23. The normalized spacial score (nSPS) is 19.8. The van der Waals surface area contributed by atoms with Crippen molar-refractivity contribution in [2.75, 3.05) is 20.2 Å². The van der Waals surface area contributed by atoms with Crippen LogP contribution in [0.15, 0.2) is 30.3 Å². The molecule has 4 heteroatoms. The van der Waals surface area contributed by atoms with E-state index in [1.165, 1.54) is 0 Å². The lowest BCUT2D eigenvalue weighted by Crippen LogP contribution is -2.40. The summed E-state index contributed by atoms with van der Waals surface area (Å²) in [6.07, 6.45) is 7.72. The van der Waals surface area contributed by atoms with Crippen molar-refractivity contribution in [2.45, 2.75) is 31.7 Å². The molecule has 0 radical (unpaired) electrons. The predicted octanol–water partition coefficient (Wildman–Crippen LogP) is 3.04. The van der Waals surface area contributed by atoms with Gasteiger partial charge < -0.3 is 9.84 Å². The fraction of sp³-hybridized carbons (Fsp3) is 0.471. The maximum absolute atomic E-state index is 10.9. The van der Waals surface area contributed by atoms with Gasteiger partial charge in [-0.15, -0.1) is 0 Å². The highest BCUT2D eigenvalue weighted by molar-refractivity contribution is 5.67. The summed E-state index contributed by atoms with van der Waals surface area (Å²) in [5.74, 6) is 0.149. The van der Waals surface area contributed by atoms with Gasteiger partial charge in [-0.05, 0) is 37.1 Å². The summed E-state index contributed by atoms with van der Waals surface area (Å²) in [6, 6.07) is 8.08. The first-order valence-corrected chi connectivity index (χ1v) is 7.45. The van der Waals surface area contributed by atoms with Crippen LogP contribution in [0.2, 0.25) is 0 Å². The lowest BCUT2D eigenvalue weighted by Gasteiger charge is -2.34.